The van der Waals surface area contributed by atoms with Gasteiger partial charge >= 0.3 is 5.97 Å². The number of hydrogen-bond donors (Lipinski definition) is 1. The lowest BCUT2D eigenvalue weighted by Gasteiger charge is -2.18. The van der Waals surface area contributed by atoms with Gasteiger partial charge in [-0.2, -0.15) is 0 Å². The Balaban J connectivity index is 1.96. The summed E-state index contributed by atoms with van der Waals surface area (Å²) >= 11 is 0. The molecule has 29 heavy (non-hydrogen) atoms. The summed E-state index contributed by atoms with van der Waals surface area (Å²) in [4.78, 5) is 36.3. The second-order valence-electron chi connectivity index (χ2n) is 6.14. The van der Waals surface area contributed by atoms with E-state index in [2.05, 4.69) is 5.32 Å². The molecule has 2 aromatic carbocycles. The van der Waals surface area contributed by atoms with Gasteiger partial charge in [0.1, 0.15) is 5.75 Å². The van der Waals surface area contributed by atoms with E-state index in [0.29, 0.717) is 18.8 Å². The fourth-order valence-electron chi connectivity index (χ4n) is 2.57. The van der Waals surface area contributed by atoms with Crippen molar-refractivity contribution in [1.29, 1.82) is 0 Å². The van der Waals surface area contributed by atoms with Crippen LogP contribution in [0.5, 0.6) is 5.75 Å². The molecule has 9 heteroatoms. The number of nitro groups is 1. The van der Waals surface area contributed by atoms with Crippen LogP contribution in [-0.4, -0.2) is 49.0 Å². The van der Waals surface area contributed by atoms with Gasteiger partial charge in [0.25, 0.3) is 11.6 Å². The Morgan fingerprint density at radius 2 is 1.86 bits per heavy atom. The van der Waals surface area contributed by atoms with Gasteiger partial charge in [-0.25, -0.2) is 4.79 Å². The Labute approximate surface area is 168 Å². The molecule has 0 bridgehead atoms. The molecule has 0 radical (unpaired) electrons. The lowest BCUT2D eigenvalue weighted by atomic mass is 10.1. The maximum Gasteiger partial charge on any atom is 0.341 e. The Morgan fingerprint density at radius 3 is 2.45 bits per heavy atom. The third-order valence-corrected chi connectivity index (χ3v) is 4.11. The topological polar surface area (TPSA) is 111 Å². The molecule has 0 spiro atoms. The van der Waals surface area contributed by atoms with E-state index in [1.165, 1.54) is 17.0 Å². The third-order valence-electron chi connectivity index (χ3n) is 4.11. The van der Waals surface area contributed by atoms with Crippen molar-refractivity contribution in [3.05, 3.63) is 63.7 Å². The summed E-state index contributed by atoms with van der Waals surface area (Å²) < 4.78 is 10.4. The standard InChI is InChI=1S/C20H23N3O6/c1-4-28-16-8-5-14(6-9-16)12-22(3)19(24)13-29-20(25)17-11-15(23(26)27)7-10-18(17)21-2/h5-11,21H,4,12-13H2,1-3H3. The molecular formula is C20H23N3O6. The molecule has 1 N–H and O–H groups in total. The number of nitrogens with one attached hydrogen (secondary N) is 1. The lowest BCUT2D eigenvalue weighted by molar-refractivity contribution is -0.384. The molecular weight excluding hydrogens is 378 g/mol. The summed E-state index contributed by atoms with van der Waals surface area (Å²) in [5, 5.41) is 13.7. The number of rotatable bonds is 9. The fraction of sp³-hybridized carbons (Fsp3) is 0.300. The first kappa shape index (κ1) is 21.7. The minimum absolute atomic E-state index is 0.0105. The number of likely N-dealkylation sites (N-methyl/N-ethyl adjacent to an activating group) is 1. The first-order valence-corrected chi connectivity index (χ1v) is 8.94. The van der Waals surface area contributed by atoms with Gasteiger partial charge in [-0.3, -0.25) is 14.9 Å². The second kappa shape index (κ2) is 10.1. The van der Waals surface area contributed by atoms with E-state index in [-0.39, 0.29) is 11.3 Å². The molecule has 9 nitrogen and oxygen atoms in total. The van der Waals surface area contributed by atoms with E-state index in [4.69, 9.17) is 9.47 Å². The van der Waals surface area contributed by atoms with Gasteiger partial charge in [-0.15, -0.1) is 0 Å². The van der Waals surface area contributed by atoms with Crippen LogP contribution in [0.4, 0.5) is 11.4 Å². The number of nitro benzene ring substituents is 1. The molecule has 0 aromatic heterocycles. The third kappa shape index (κ3) is 5.93. The van der Waals surface area contributed by atoms with Crippen molar-refractivity contribution in [2.75, 3.05) is 32.6 Å². The molecule has 0 heterocycles. The molecule has 0 aliphatic heterocycles. The largest absolute Gasteiger partial charge is 0.494 e. The fourth-order valence-corrected chi connectivity index (χ4v) is 2.57. The van der Waals surface area contributed by atoms with Crippen LogP contribution in [0.3, 0.4) is 0 Å². The van der Waals surface area contributed by atoms with Crippen LogP contribution >= 0.6 is 0 Å². The first-order valence-electron chi connectivity index (χ1n) is 8.94. The molecule has 0 unspecified atom stereocenters. The summed E-state index contributed by atoms with van der Waals surface area (Å²) in [6.07, 6.45) is 0. The van der Waals surface area contributed by atoms with E-state index in [1.807, 2.05) is 31.2 Å². The number of hydrogen-bond acceptors (Lipinski definition) is 7. The van der Waals surface area contributed by atoms with Gasteiger partial charge in [-0.05, 0) is 30.7 Å². The number of carbonyl (C=O) groups is 2. The molecule has 0 aliphatic carbocycles. The maximum atomic E-state index is 12.3. The highest BCUT2D eigenvalue weighted by molar-refractivity contribution is 5.97. The number of esters is 1. The minimum Gasteiger partial charge on any atom is -0.494 e. The van der Waals surface area contributed by atoms with Crippen LogP contribution < -0.4 is 10.1 Å². The smallest absolute Gasteiger partial charge is 0.341 e. The van der Waals surface area contributed by atoms with Crippen LogP contribution in [-0.2, 0) is 16.1 Å². The second-order valence-corrected chi connectivity index (χ2v) is 6.14. The predicted molar refractivity (Wildman–Crippen MR) is 107 cm³/mol. The van der Waals surface area contributed by atoms with E-state index in [0.717, 1.165) is 17.4 Å². The van der Waals surface area contributed by atoms with Crippen molar-refractivity contribution >= 4 is 23.3 Å². The van der Waals surface area contributed by atoms with Crippen molar-refractivity contribution in [2.24, 2.45) is 0 Å². The average molecular weight is 401 g/mol. The monoisotopic (exact) mass is 401 g/mol. The number of carbonyl (C=O) groups excluding carboxylic acids is 2. The Bertz CT molecular complexity index is 882. The summed E-state index contributed by atoms with van der Waals surface area (Å²) in [5.74, 6) is -0.471. The van der Waals surface area contributed by atoms with Crippen molar-refractivity contribution in [3.8, 4) is 5.75 Å². The van der Waals surface area contributed by atoms with Crippen LogP contribution in [0.15, 0.2) is 42.5 Å². The molecule has 1 amide bonds. The zero-order valence-electron chi connectivity index (χ0n) is 16.5. The number of non-ortho nitro benzene ring substituents is 1. The van der Waals surface area contributed by atoms with Crippen molar-refractivity contribution in [3.63, 3.8) is 0 Å². The molecule has 0 aliphatic rings. The van der Waals surface area contributed by atoms with Gasteiger partial charge in [0.05, 0.1) is 17.1 Å². The number of ether oxygens (including phenoxy) is 2. The molecule has 0 atom stereocenters. The van der Waals surface area contributed by atoms with Crippen molar-refractivity contribution in [2.45, 2.75) is 13.5 Å². The summed E-state index contributed by atoms with van der Waals surface area (Å²) in [6.45, 7) is 2.33. The van der Waals surface area contributed by atoms with E-state index in [9.17, 15) is 19.7 Å². The zero-order valence-corrected chi connectivity index (χ0v) is 16.5. The molecule has 2 aromatic rings. The van der Waals surface area contributed by atoms with Gasteiger partial charge in [0, 0.05) is 38.5 Å². The highest BCUT2D eigenvalue weighted by atomic mass is 16.6. The molecule has 2 rings (SSSR count). The zero-order chi connectivity index (χ0) is 21.4. The maximum absolute atomic E-state index is 12.3. The van der Waals surface area contributed by atoms with E-state index < -0.39 is 23.4 Å². The molecule has 0 saturated carbocycles. The van der Waals surface area contributed by atoms with Crippen molar-refractivity contribution < 1.29 is 24.0 Å². The van der Waals surface area contributed by atoms with Crippen LogP contribution in [0.2, 0.25) is 0 Å². The minimum atomic E-state index is -0.819. The average Bonchev–Trinajstić information content (AvgIpc) is 2.72. The predicted octanol–water partition coefficient (Wildman–Crippen LogP) is 2.85. The Hall–Kier alpha value is -3.62. The lowest BCUT2D eigenvalue weighted by Crippen LogP contribution is -2.30. The molecule has 0 fully saturated rings. The van der Waals surface area contributed by atoms with Crippen LogP contribution in [0.1, 0.15) is 22.8 Å². The number of benzene rings is 2. The number of amides is 1. The van der Waals surface area contributed by atoms with Crippen molar-refractivity contribution in [1.82, 2.24) is 4.90 Å². The van der Waals surface area contributed by atoms with Crippen LogP contribution in [0, 0.1) is 10.1 Å². The highest BCUT2D eigenvalue weighted by Gasteiger charge is 2.19. The first-order chi connectivity index (χ1) is 13.8. The van der Waals surface area contributed by atoms with Crippen LogP contribution in [0.25, 0.3) is 0 Å². The van der Waals surface area contributed by atoms with E-state index >= 15 is 0 Å². The SMILES string of the molecule is CCOc1ccc(CN(C)C(=O)COC(=O)c2cc([N+](=O)[O-])ccc2NC)cc1. The number of anilines is 1. The Morgan fingerprint density at radius 1 is 1.17 bits per heavy atom. The Kier molecular flexibility index (Phi) is 7.53. The van der Waals surface area contributed by atoms with Gasteiger partial charge in [-0.1, -0.05) is 12.1 Å². The van der Waals surface area contributed by atoms with Gasteiger partial charge in [0.2, 0.25) is 0 Å². The summed E-state index contributed by atoms with van der Waals surface area (Å²) in [5.41, 5.74) is 1.01. The normalized spacial score (nSPS) is 10.2. The molecule has 0 saturated heterocycles. The summed E-state index contributed by atoms with van der Waals surface area (Å²) in [7, 11) is 3.17. The number of nitrogens with zero attached hydrogens (tertiary/aromatic N) is 2. The van der Waals surface area contributed by atoms with E-state index in [1.54, 1.807) is 14.1 Å². The van der Waals surface area contributed by atoms with Gasteiger partial charge in [0.15, 0.2) is 6.61 Å². The summed E-state index contributed by atoms with van der Waals surface area (Å²) in [6, 6.07) is 11.1. The molecule has 154 valence electrons. The quantitative estimate of drug-likeness (QED) is 0.391. The van der Waals surface area contributed by atoms with Gasteiger partial charge < -0.3 is 19.7 Å². The highest BCUT2D eigenvalue weighted by Crippen LogP contribution is 2.22.